The van der Waals surface area contributed by atoms with Gasteiger partial charge in [-0.1, -0.05) is 0 Å². The molecule has 1 amide bonds. The highest BCUT2D eigenvalue weighted by Crippen LogP contribution is 2.16. The smallest absolute Gasteiger partial charge is 0.374 e. The summed E-state index contributed by atoms with van der Waals surface area (Å²) in [6.07, 6.45) is -3.46. The first kappa shape index (κ1) is 18.1. The second-order valence-corrected chi connectivity index (χ2v) is 6.40. The fourth-order valence-corrected chi connectivity index (χ4v) is 2.07. The first-order chi connectivity index (χ1) is 9.96. The molecule has 1 atom stereocenters. The molecule has 0 aliphatic carbocycles. The number of hydrogen-bond donors (Lipinski definition) is 3. The first-order valence-corrected chi connectivity index (χ1v) is 8.04. The number of carbonyl (C=O) groups is 1. The number of carbonyl (C=O) groups excluding carboxylic acids is 1. The maximum absolute atomic E-state index is 12.0. The summed E-state index contributed by atoms with van der Waals surface area (Å²) in [5.74, 6) is -0.796. The van der Waals surface area contributed by atoms with Crippen LogP contribution < -0.4 is 15.4 Å². The Morgan fingerprint density at radius 3 is 2.14 bits per heavy atom. The Morgan fingerprint density at radius 1 is 1.18 bits per heavy atom. The molecule has 0 aliphatic heterocycles. The van der Waals surface area contributed by atoms with Crippen molar-refractivity contribution in [3.05, 3.63) is 24.3 Å². The highest BCUT2D eigenvalue weighted by molar-refractivity contribution is 7.92. The van der Waals surface area contributed by atoms with E-state index in [0.29, 0.717) is 11.4 Å². The number of benzene rings is 1. The molecule has 0 unspecified atom stereocenters. The van der Waals surface area contributed by atoms with E-state index in [9.17, 15) is 26.4 Å². The molecule has 6 nitrogen and oxygen atoms in total. The summed E-state index contributed by atoms with van der Waals surface area (Å²) in [6, 6.07) is 5.05. The highest BCUT2D eigenvalue weighted by atomic mass is 32.2. The van der Waals surface area contributed by atoms with Gasteiger partial charge in [-0.2, -0.15) is 13.2 Å². The van der Waals surface area contributed by atoms with Gasteiger partial charge >= 0.3 is 6.18 Å². The molecule has 0 saturated carbocycles. The third-order valence-corrected chi connectivity index (χ3v) is 3.03. The quantitative estimate of drug-likeness (QED) is 0.734. The van der Waals surface area contributed by atoms with Crippen molar-refractivity contribution in [1.82, 2.24) is 5.32 Å². The minimum Gasteiger partial charge on any atom is -0.374 e. The van der Waals surface area contributed by atoms with Gasteiger partial charge in [-0.15, -0.1) is 0 Å². The fourth-order valence-electron chi connectivity index (χ4n) is 1.50. The van der Waals surface area contributed by atoms with Gasteiger partial charge in [0.05, 0.1) is 6.26 Å². The Kier molecular flexibility index (Phi) is 5.64. The van der Waals surface area contributed by atoms with Gasteiger partial charge in [0.15, 0.2) is 0 Å². The van der Waals surface area contributed by atoms with Crippen LogP contribution in [-0.4, -0.2) is 39.3 Å². The number of alkyl halides is 3. The molecule has 0 aromatic heterocycles. The Balaban J connectivity index is 2.57. The van der Waals surface area contributed by atoms with Crippen molar-refractivity contribution in [2.24, 2.45) is 0 Å². The maximum Gasteiger partial charge on any atom is 0.405 e. The average molecular weight is 339 g/mol. The summed E-state index contributed by atoms with van der Waals surface area (Å²) in [4.78, 5) is 11.5. The van der Waals surface area contributed by atoms with Crippen molar-refractivity contribution in [1.29, 1.82) is 0 Å². The minimum atomic E-state index is -4.46. The second-order valence-electron chi connectivity index (χ2n) is 4.65. The summed E-state index contributed by atoms with van der Waals surface area (Å²) < 4.78 is 60.3. The summed E-state index contributed by atoms with van der Waals surface area (Å²) in [5, 5.41) is 4.48. The SMILES string of the molecule is C[C@H](Nc1ccc(NS(C)(=O)=O)cc1)C(=O)NCC(F)(F)F. The van der Waals surface area contributed by atoms with Crippen LogP contribution in [0.4, 0.5) is 24.5 Å². The van der Waals surface area contributed by atoms with Crippen LogP contribution in [0.3, 0.4) is 0 Å². The molecular weight excluding hydrogens is 323 g/mol. The second kappa shape index (κ2) is 6.86. The third-order valence-electron chi connectivity index (χ3n) is 2.43. The first-order valence-electron chi connectivity index (χ1n) is 6.15. The van der Waals surface area contributed by atoms with Gasteiger partial charge in [-0.05, 0) is 31.2 Å². The fraction of sp³-hybridized carbons (Fsp3) is 0.417. The zero-order valence-corrected chi connectivity index (χ0v) is 12.7. The molecule has 0 heterocycles. The lowest BCUT2D eigenvalue weighted by Gasteiger charge is -2.16. The molecule has 0 spiro atoms. The molecule has 0 fully saturated rings. The molecule has 0 aliphatic rings. The number of hydrogen-bond acceptors (Lipinski definition) is 4. The third kappa shape index (κ3) is 7.16. The summed E-state index contributed by atoms with van der Waals surface area (Å²) in [5.41, 5.74) is 0.802. The number of sulfonamides is 1. The molecule has 10 heteroatoms. The van der Waals surface area contributed by atoms with Gasteiger partial charge in [-0.25, -0.2) is 8.42 Å². The zero-order valence-electron chi connectivity index (χ0n) is 11.9. The van der Waals surface area contributed by atoms with Crippen LogP contribution in [0.25, 0.3) is 0 Å². The predicted molar refractivity (Wildman–Crippen MR) is 77.1 cm³/mol. The largest absolute Gasteiger partial charge is 0.405 e. The number of nitrogens with one attached hydrogen (secondary N) is 3. The van der Waals surface area contributed by atoms with Crippen molar-refractivity contribution >= 4 is 27.3 Å². The minimum absolute atomic E-state index is 0.335. The average Bonchev–Trinajstić information content (AvgIpc) is 2.35. The number of anilines is 2. The molecule has 22 heavy (non-hydrogen) atoms. The summed E-state index contributed by atoms with van der Waals surface area (Å²) in [6.45, 7) is 0.0173. The van der Waals surface area contributed by atoms with Gasteiger partial charge in [0.1, 0.15) is 12.6 Å². The van der Waals surface area contributed by atoms with E-state index in [2.05, 4.69) is 10.0 Å². The summed E-state index contributed by atoms with van der Waals surface area (Å²) in [7, 11) is -3.39. The van der Waals surface area contributed by atoms with Crippen molar-refractivity contribution in [3.63, 3.8) is 0 Å². The lowest BCUT2D eigenvalue weighted by Crippen LogP contribution is -2.42. The van der Waals surface area contributed by atoms with Crippen molar-refractivity contribution in [2.75, 3.05) is 22.8 Å². The van der Waals surface area contributed by atoms with Gasteiger partial charge in [-0.3, -0.25) is 9.52 Å². The van der Waals surface area contributed by atoms with Crippen LogP contribution in [0, 0.1) is 0 Å². The van der Waals surface area contributed by atoms with Gasteiger partial charge in [0.25, 0.3) is 0 Å². The van der Waals surface area contributed by atoms with Gasteiger partial charge < -0.3 is 10.6 Å². The molecule has 0 radical (unpaired) electrons. The van der Waals surface area contributed by atoms with E-state index >= 15 is 0 Å². The Morgan fingerprint density at radius 2 is 1.68 bits per heavy atom. The molecule has 3 N–H and O–H groups in total. The van der Waals surface area contributed by atoms with Crippen LogP contribution in [0.1, 0.15) is 6.92 Å². The highest BCUT2D eigenvalue weighted by Gasteiger charge is 2.28. The molecule has 124 valence electrons. The lowest BCUT2D eigenvalue weighted by atomic mass is 10.2. The van der Waals surface area contributed by atoms with Crippen LogP contribution in [0.2, 0.25) is 0 Å². The van der Waals surface area contributed by atoms with Crippen molar-refractivity contribution < 1.29 is 26.4 Å². The standard InChI is InChI=1S/C12H16F3N3O3S/c1-8(11(19)16-7-12(13,14)15)17-9-3-5-10(6-4-9)18-22(2,20)21/h3-6,8,17-18H,7H2,1-2H3,(H,16,19)/t8-/m0/s1. The van der Waals surface area contributed by atoms with Crippen molar-refractivity contribution in [3.8, 4) is 0 Å². The van der Waals surface area contributed by atoms with Crippen LogP contribution >= 0.6 is 0 Å². The number of amides is 1. The monoisotopic (exact) mass is 339 g/mol. The molecule has 1 aromatic rings. The van der Waals surface area contributed by atoms with Gasteiger partial charge in [0.2, 0.25) is 15.9 Å². The van der Waals surface area contributed by atoms with E-state index in [0.717, 1.165) is 6.26 Å². The van der Waals surface area contributed by atoms with Crippen molar-refractivity contribution in [2.45, 2.75) is 19.1 Å². The van der Waals surface area contributed by atoms with Crippen LogP contribution in [0.15, 0.2) is 24.3 Å². The predicted octanol–water partition coefficient (Wildman–Crippen LogP) is 1.54. The van der Waals surface area contributed by atoms with E-state index in [1.54, 1.807) is 5.32 Å². The van der Waals surface area contributed by atoms with E-state index in [4.69, 9.17) is 0 Å². The number of rotatable bonds is 6. The number of halogens is 3. The zero-order chi connectivity index (χ0) is 17.0. The van der Waals surface area contributed by atoms with E-state index < -0.39 is 34.7 Å². The van der Waals surface area contributed by atoms with Gasteiger partial charge in [0, 0.05) is 11.4 Å². The van der Waals surface area contributed by atoms with E-state index in [1.807, 2.05) is 0 Å². The molecular formula is C12H16F3N3O3S. The normalized spacial score (nSPS) is 13.3. The van der Waals surface area contributed by atoms with E-state index in [1.165, 1.54) is 31.2 Å². The lowest BCUT2D eigenvalue weighted by molar-refractivity contribution is -0.138. The maximum atomic E-state index is 12.0. The molecule has 0 bridgehead atoms. The van der Waals surface area contributed by atoms with E-state index in [-0.39, 0.29) is 0 Å². The molecule has 1 aromatic carbocycles. The Bertz CT molecular complexity index is 615. The Hall–Kier alpha value is -1.97. The Labute approximate surface area is 126 Å². The molecule has 0 saturated heterocycles. The van der Waals surface area contributed by atoms with Crippen LogP contribution in [0.5, 0.6) is 0 Å². The molecule has 1 rings (SSSR count). The topological polar surface area (TPSA) is 87.3 Å². The summed E-state index contributed by atoms with van der Waals surface area (Å²) >= 11 is 0. The van der Waals surface area contributed by atoms with Crippen LogP contribution in [-0.2, 0) is 14.8 Å².